The van der Waals surface area contributed by atoms with Gasteiger partial charge in [0.2, 0.25) is 5.95 Å². The highest BCUT2D eigenvalue weighted by atomic mass is 79.9. The summed E-state index contributed by atoms with van der Waals surface area (Å²) in [6.45, 7) is 4.07. The molecule has 1 aromatic carbocycles. The highest BCUT2D eigenvalue weighted by molar-refractivity contribution is 9.10. The first-order valence-electron chi connectivity index (χ1n) is 6.89. The lowest BCUT2D eigenvalue weighted by Gasteiger charge is -2.11. The Morgan fingerprint density at radius 3 is 2.77 bits per heavy atom. The van der Waals surface area contributed by atoms with Gasteiger partial charge in [0.25, 0.3) is 0 Å². The number of benzene rings is 1. The molecule has 0 aliphatic rings. The van der Waals surface area contributed by atoms with Crippen LogP contribution in [0.2, 0.25) is 0 Å². The Kier molecular flexibility index (Phi) is 4.15. The molecule has 0 saturated heterocycles. The number of hydrogen-bond donors (Lipinski definition) is 2. The van der Waals surface area contributed by atoms with Gasteiger partial charge in [-0.25, -0.2) is 19.9 Å². The molecule has 0 spiro atoms. The van der Waals surface area contributed by atoms with Crippen LogP contribution in [0.15, 0.2) is 41.3 Å². The second-order valence-electron chi connectivity index (χ2n) is 5.08. The molecule has 0 amide bonds. The van der Waals surface area contributed by atoms with Crippen LogP contribution in [-0.4, -0.2) is 26.0 Å². The van der Waals surface area contributed by atoms with Crippen LogP contribution in [0.5, 0.6) is 0 Å². The van der Waals surface area contributed by atoms with Gasteiger partial charge < -0.3 is 10.6 Å². The third-order valence-electron chi connectivity index (χ3n) is 2.88. The predicted octanol–water partition coefficient (Wildman–Crippen LogP) is 3.75. The second kappa shape index (κ2) is 6.23. The Labute approximate surface area is 136 Å². The van der Waals surface area contributed by atoms with Crippen molar-refractivity contribution in [1.82, 2.24) is 19.9 Å². The molecule has 0 atom stereocenters. The van der Waals surface area contributed by atoms with Crippen molar-refractivity contribution in [2.24, 2.45) is 0 Å². The highest BCUT2D eigenvalue weighted by Gasteiger charge is 2.08. The van der Waals surface area contributed by atoms with Crippen molar-refractivity contribution in [1.29, 1.82) is 0 Å². The van der Waals surface area contributed by atoms with Crippen LogP contribution in [0.1, 0.15) is 13.8 Å². The number of rotatable bonds is 4. The number of aromatic nitrogens is 4. The molecule has 22 heavy (non-hydrogen) atoms. The van der Waals surface area contributed by atoms with Crippen LogP contribution in [0, 0.1) is 0 Å². The van der Waals surface area contributed by atoms with Crippen molar-refractivity contribution in [3.8, 4) is 0 Å². The molecule has 6 nitrogen and oxygen atoms in total. The first-order chi connectivity index (χ1) is 10.6. The molecule has 3 aromatic rings. The van der Waals surface area contributed by atoms with E-state index in [0.717, 1.165) is 10.2 Å². The van der Waals surface area contributed by atoms with E-state index in [1.807, 2.05) is 38.1 Å². The lowest BCUT2D eigenvalue weighted by molar-refractivity contribution is 0.877. The van der Waals surface area contributed by atoms with Gasteiger partial charge in [-0.1, -0.05) is 22.0 Å². The fourth-order valence-electron chi connectivity index (χ4n) is 1.98. The van der Waals surface area contributed by atoms with Crippen molar-refractivity contribution < 1.29 is 0 Å². The first-order valence-corrected chi connectivity index (χ1v) is 7.68. The molecule has 0 saturated carbocycles. The minimum atomic E-state index is 0.253. The lowest BCUT2D eigenvalue weighted by Crippen LogP contribution is -2.12. The molecular formula is C15H15BrN6. The quantitative estimate of drug-likeness (QED) is 0.739. The number of halogens is 1. The Morgan fingerprint density at radius 2 is 2.00 bits per heavy atom. The second-order valence-corrected chi connectivity index (χ2v) is 6.00. The van der Waals surface area contributed by atoms with Gasteiger partial charge in [-0.15, -0.1) is 0 Å². The summed E-state index contributed by atoms with van der Waals surface area (Å²) in [5, 5.41) is 6.45. The van der Waals surface area contributed by atoms with E-state index >= 15 is 0 Å². The lowest BCUT2D eigenvalue weighted by atomic mass is 10.3. The van der Waals surface area contributed by atoms with E-state index in [2.05, 4.69) is 46.5 Å². The van der Waals surface area contributed by atoms with Gasteiger partial charge in [-0.2, -0.15) is 0 Å². The molecule has 0 aliphatic carbocycles. The maximum absolute atomic E-state index is 4.51. The van der Waals surface area contributed by atoms with Crippen molar-refractivity contribution in [2.45, 2.75) is 19.9 Å². The molecule has 2 heterocycles. The van der Waals surface area contributed by atoms with Gasteiger partial charge in [0.05, 0.1) is 6.20 Å². The van der Waals surface area contributed by atoms with Crippen LogP contribution in [0.25, 0.3) is 11.0 Å². The number of nitrogens with one attached hydrogen (secondary N) is 2. The Balaban J connectivity index is 2.01. The van der Waals surface area contributed by atoms with E-state index in [0.29, 0.717) is 22.8 Å². The standard InChI is InChI=1S/C15H15BrN6/c1-9(2)20-15-17-7-12-13(22-15)14(19-8-18-12)21-11-5-3-4-10(16)6-11/h3-9H,1-2H3,(H,17,20,22)(H,18,19,21). The maximum atomic E-state index is 4.51. The summed E-state index contributed by atoms with van der Waals surface area (Å²) in [6.07, 6.45) is 3.20. The summed E-state index contributed by atoms with van der Waals surface area (Å²) in [7, 11) is 0. The maximum Gasteiger partial charge on any atom is 0.223 e. The van der Waals surface area contributed by atoms with E-state index in [9.17, 15) is 0 Å². The summed E-state index contributed by atoms with van der Waals surface area (Å²) in [6, 6.07) is 8.12. The number of anilines is 3. The highest BCUT2D eigenvalue weighted by Crippen LogP contribution is 2.23. The molecule has 0 aliphatic heterocycles. The van der Waals surface area contributed by atoms with E-state index < -0.39 is 0 Å². The van der Waals surface area contributed by atoms with Crippen LogP contribution < -0.4 is 10.6 Å². The molecule has 3 rings (SSSR count). The van der Waals surface area contributed by atoms with Crippen LogP contribution in [-0.2, 0) is 0 Å². The normalized spacial score (nSPS) is 10.9. The van der Waals surface area contributed by atoms with E-state index in [1.165, 1.54) is 6.33 Å². The summed E-state index contributed by atoms with van der Waals surface area (Å²) in [4.78, 5) is 17.3. The molecule has 0 radical (unpaired) electrons. The van der Waals surface area contributed by atoms with Crippen LogP contribution in [0.4, 0.5) is 17.5 Å². The molecular weight excluding hydrogens is 344 g/mol. The average Bonchev–Trinajstić information content (AvgIpc) is 2.47. The average molecular weight is 359 g/mol. The number of nitrogens with zero attached hydrogens (tertiary/aromatic N) is 4. The van der Waals surface area contributed by atoms with Crippen molar-refractivity contribution in [3.63, 3.8) is 0 Å². The third kappa shape index (κ3) is 3.30. The fourth-order valence-corrected chi connectivity index (χ4v) is 2.38. The summed E-state index contributed by atoms with van der Waals surface area (Å²) >= 11 is 3.46. The Hall–Kier alpha value is -2.28. The number of fused-ring (bicyclic) bond motifs is 1. The van der Waals surface area contributed by atoms with Crippen molar-refractivity contribution >= 4 is 44.4 Å². The molecule has 2 aromatic heterocycles. The van der Waals surface area contributed by atoms with E-state index in [-0.39, 0.29) is 6.04 Å². The Morgan fingerprint density at radius 1 is 1.14 bits per heavy atom. The van der Waals surface area contributed by atoms with Gasteiger partial charge in [0, 0.05) is 16.2 Å². The SMILES string of the molecule is CC(C)Nc1ncc2ncnc(Nc3cccc(Br)c3)c2n1. The summed E-state index contributed by atoms with van der Waals surface area (Å²) in [5.74, 6) is 1.21. The zero-order valence-electron chi connectivity index (χ0n) is 12.2. The van der Waals surface area contributed by atoms with Crippen molar-refractivity contribution in [3.05, 3.63) is 41.3 Å². The minimum Gasteiger partial charge on any atom is -0.352 e. The molecule has 0 fully saturated rings. The predicted molar refractivity (Wildman–Crippen MR) is 91.3 cm³/mol. The Bertz CT molecular complexity index is 805. The smallest absolute Gasteiger partial charge is 0.223 e. The minimum absolute atomic E-state index is 0.253. The van der Waals surface area contributed by atoms with E-state index in [1.54, 1.807) is 6.20 Å². The summed E-state index contributed by atoms with van der Waals surface area (Å²) in [5.41, 5.74) is 2.30. The topological polar surface area (TPSA) is 75.6 Å². The van der Waals surface area contributed by atoms with Gasteiger partial charge in [-0.05, 0) is 32.0 Å². The van der Waals surface area contributed by atoms with Gasteiger partial charge in [0.15, 0.2) is 5.82 Å². The molecule has 7 heteroatoms. The summed E-state index contributed by atoms with van der Waals surface area (Å²) < 4.78 is 0.993. The zero-order chi connectivity index (χ0) is 15.5. The van der Waals surface area contributed by atoms with Crippen LogP contribution in [0.3, 0.4) is 0 Å². The first kappa shape index (κ1) is 14.6. The molecule has 0 unspecified atom stereocenters. The fraction of sp³-hybridized carbons (Fsp3) is 0.200. The monoisotopic (exact) mass is 358 g/mol. The van der Waals surface area contributed by atoms with Crippen LogP contribution >= 0.6 is 15.9 Å². The van der Waals surface area contributed by atoms with Gasteiger partial charge in [-0.3, -0.25) is 0 Å². The molecule has 112 valence electrons. The van der Waals surface area contributed by atoms with Gasteiger partial charge in [0.1, 0.15) is 17.4 Å². The van der Waals surface area contributed by atoms with Crippen molar-refractivity contribution in [2.75, 3.05) is 10.6 Å². The largest absolute Gasteiger partial charge is 0.352 e. The third-order valence-corrected chi connectivity index (χ3v) is 3.38. The molecule has 2 N–H and O–H groups in total. The number of hydrogen-bond acceptors (Lipinski definition) is 6. The zero-order valence-corrected chi connectivity index (χ0v) is 13.8. The molecule has 0 bridgehead atoms. The van der Waals surface area contributed by atoms with E-state index in [4.69, 9.17) is 0 Å². The van der Waals surface area contributed by atoms with Gasteiger partial charge >= 0.3 is 0 Å².